The molecule has 0 radical (unpaired) electrons. The molecule has 3 atom stereocenters. The quantitative estimate of drug-likeness (QED) is 0.255. The lowest BCUT2D eigenvalue weighted by Gasteiger charge is -2.27. The van der Waals surface area contributed by atoms with Gasteiger partial charge in [0.25, 0.3) is 6.47 Å². The summed E-state index contributed by atoms with van der Waals surface area (Å²) < 4.78 is 4.75. The maximum atomic E-state index is 9.97. The molecule has 0 amide bonds. The van der Waals surface area contributed by atoms with Crippen molar-refractivity contribution in [1.82, 2.24) is 4.90 Å². The third kappa shape index (κ3) is 10.1. The fraction of sp³-hybridized carbons (Fsp3) is 0.414. The lowest BCUT2D eigenvalue weighted by molar-refractivity contribution is -0.133. The summed E-state index contributed by atoms with van der Waals surface area (Å²) in [5.74, 6) is 0.653. The van der Waals surface area contributed by atoms with E-state index in [4.69, 9.17) is 4.74 Å². The molecule has 0 spiro atoms. The molecule has 2 rings (SSSR count). The third-order valence-corrected chi connectivity index (χ3v) is 6.03. The Hall–Kier alpha value is -2.65. The van der Waals surface area contributed by atoms with Gasteiger partial charge < -0.3 is 4.74 Å². The van der Waals surface area contributed by atoms with Crippen LogP contribution in [0.4, 0.5) is 0 Å². The molecule has 0 bridgehead atoms. The predicted molar refractivity (Wildman–Crippen MR) is 136 cm³/mol. The van der Waals surface area contributed by atoms with Gasteiger partial charge in [-0.25, -0.2) is 0 Å². The van der Waals surface area contributed by atoms with Crippen molar-refractivity contribution in [3.63, 3.8) is 0 Å². The standard InChI is InChI=1S/C20H31N.C9H10O2/c1-6-8-12-19(7-2)17(3)15-16-21(5)18(4)20-13-10-9-11-14-20;1-8(11-7-10)9-5-3-2-4-6-9/h6-7,9-11,13-14,17-18H,1,8,12,15-16H2,2-5H3;2-8H,1H3/b19-7+;. The van der Waals surface area contributed by atoms with Gasteiger partial charge in [-0.05, 0) is 70.7 Å². The molecular formula is C29H41NO2. The maximum Gasteiger partial charge on any atom is 0.293 e. The van der Waals surface area contributed by atoms with Gasteiger partial charge in [0, 0.05) is 6.04 Å². The summed E-state index contributed by atoms with van der Waals surface area (Å²) >= 11 is 0. The summed E-state index contributed by atoms with van der Waals surface area (Å²) in [7, 11) is 2.23. The van der Waals surface area contributed by atoms with E-state index in [0.717, 1.165) is 24.9 Å². The van der Waals surface area contributed by atoms with Crippen LogP contribution in [-0.4, -0.2) is 25.0 Å². The molecule has 0 saturated carbocycles. The number of hydrogen-bond acceptors (Lipinski definition) is 3. The molecule has 0 aromatic heterocycles. The average Bonchev–Trinajstić information content (AvgIpc) is 2.84. The van der Waals surface area contributed by atoms with E-state index in [1.54, 1.807) is 5.57 Å². The third-order valence-electron chi connectivity index (χ3n) is 6.03. The van der Waals surface area contributed by atoms with Crippen molar-refractivity contribution in [1.29, 1.82) is 0 Å². The summed E-state index contributed by atoms with van der Waals surface area (Å²) in [5.41, 5.74) is 3.97. The Labute approximate surface area is 195 Å². The first-order valence-electron chi connectivity index (χ1n) is 11.6. The van der Waals surface area contributed by atoms with Crippen molar-refractivity contribution in [3.8, 4) is 0 Å². The van der Waals surface area contributed by atoms with E-state index in [9.17, 15) is 4.79 Å². The van der Waals surface area contributed by atoms with Gasteiger partial charge in [-0.2, -0.15) is 0 Å². The fourth-order valence-electron chi connectivity index (χ4n) is 3.59. The van der Waals surface area contributed by atoms with Crippen molar-refractivity contribution < 1.29 is 9.53 Å². The van der Waals surface area contributed by atoms with Gasteiger partial charge in [0.15, 0.2) is 0 Å². The van der Waals surface area contributed by atoms with Crippen LogP contribution in [0.3, 0.4) is 0 Å². The first-order valence-corrected chi connectivity index (χ1v) is 11.6. The van der Waals surface area contributed by atoms with Gasteiger partial charge >= 0.3 is 0 Å². The number of allylic oxidation sites excluding steroid dienone is 3. The minimum Gasteiger partial charge on any atom is -0.460 e. The lowest BCUT2D eigenvalue weighted by Crippen LogP contribution is -2.25. The maximum absolute atomic E-state index is 9.97. The van der Waals surface area contributed by atoms with E-state index in [0.29, 0.717) is 18.4 Å². The SMILES string of the molecule is C=CCC/C(=C\C)C(C)CCN(C)C(C)c1ccccc1.CC(OC=O)c1ccccc1. The van der Waals surface area contributed by atoms with Gasteiger partial charge in [-0.1, -0.05) is 85.3 Å². The zero-order valence-electron chi connectivity index (χ0n) is 20.5. The number of rotatable bonds is 12. The second kappa shape index (κ2) is 16.0. The van der Waals surface area contributed by atoms with Crippen LogP contribution in [0.2, 0.25) is 0 Å². The largest absolute Gasteiger partial charge is 0.460 e. The van der Waals surface area contributed by atoms with Gasteiger partial charge in [0.05, 0.1) is 0 Å². The van der Waals surface area contributed by atoms with Crippen molar-refractivity contribution in [2.45, 2.75) is 59.1 Å². The highest BCUT2D eigenvalue weighted by atomic mass is 16.5. The molecule has 0 aliphatic rings. The molecule has 32 heavy (non-hydrogen) atoms. The van der Waals surface area contributed by atoms with E-state index < -0.39 is 0 Å². The minimum absolute atomic E-state index is 0.145. The molecule has 3 heteroatoms. The second-order valence-corrected chi connectivity index (χ2v) is 8.23. The number of carbonyl (C=O) groups excluding carboxylic acids is 1. The normalized spacial score (nSPS) is 14.0. The highest BCUT2D eigenvalue weighted by molar-refractivity contribution is 5.38. The van der Waals surface area contributed by atoms with Crippen LogP contribution in [0, 0.1) is 5.92 Å². The number of carbonyl (C=O) groups is 1. The van der Waals surface area contributed by atoms with Crippen molar-refractivity contribution in [2.75, 3.05) is 13.6 Å². The summed E-state index contributed by atoms with van der Waals surface area (Å²) in [5, 5.41) is 0. The fourth-order valence-corrected chi connectivity index (χ4v) is 3.59. The van der Waals surface area contributed by atoms with Crippen LogP contribution >= 0.6 is 0 Å². The number of hydrogen-bond donors (Lipinski definition) is 0. The summed E-state index contributed by atoms with van der Waals surface area (Å²) in [6, 6.07) is 20.8. The van der Waals surface area contributed by atoms with Crippen molar-refractivity contribution in [2.24, 2.45) is 5.92 Å². The van der Waals surface area contributed by atoms with Crippen LogP contribution in [0.15, 0.2) is 85.0 Å². The molecule has 0 aliphatic carbocycles. The summed E-state index contributed by atoms with van der Waals surface area (Å²) in [4.78, 5) is 12.4. The first-order chi connectivity index (χ1) is 15.4. The Kier molecular flexibility index (Phi) is 13.7. The van der Waals surface area contributed by atoms with E-state index in [1.807, 2.05) is 43.3 Å². The average molecular weight is 436 g/mol. The number of benzene rings is 2. The van der Waals surface area contributed by atoms with Gasteiger partial charge in [-0.15, -0.1) is 6.58 Å². The van der Waals surface area contributed by atoms with Crippen molar-refractivity contribution >= 4 is 6.47 Å². The molecule has 2 aromatic rings. The molecular weight excluding hydrogens is 394 g/mol. The lowest BCUT2D eigenvalue weighted by atomic mass is 9.93. The smallest absolute Gasteiger partial charge is 0.293 e. The molecule has 2 aromatic carbocycles. The predicted octanol–water partition coefficient (Wildman–Crippen LogP) is 7.54. The van der Waals surface area contributed by atoms with Crippen LogP contribution in [0.25, 0.3) is 0 Å². The second-order valence-electron chi connectivity index (χ2n) is 8.23. The molecule has 0 heterocycles. The zero-order valence-corrected chi connectivity index (χ0v) is 20.5. The molecule has 3 nitrogen and oxygen atoms in total. The Bertz CT molecular complexity index is 785. The zero-order chi connectivity index (χ0) is 23.8. The monoisotopic (exact) mass is 435 g/mol. The molecule has 0 aliphatic heterocycles. The highest BCUT2D eigenvalue weighted by Crippen LogP contribution is 2.23. The van der Waals surface area contributed by atoms with Gasteiger partial charge in [0.2, 0.25) is 0 Å². The molecule has 3 unspecified atom stereocenters. The van der Waals surface area contributed by atoms with Crippen LogP contribution in [-0.2, 0) is 9.53 Å². The minimum atomic E-state index is -0.145. The highest BCUT2D eigenvalue weighted by Gasteiger charge is 2.14. The Morgan fingerprint density at radius 3 is 2.06 bits per heavy atom. The van der Waals surface area contributed by atoms with E-state index in [-0.39, 0.29) is 6.10 Å². The molecule has 0 N–H and O–H groups in total. The van der Waals surface area contributed by atoms with Crippen LogP contribution < -0.4 is 0 Å². The van der Waals surface area contributed by atoms with Gasteiger partial charge in [0.1, 0.15) is 6.10 Å². The van der Waals surface area contributed by atoms with Crippen LogP contribution in [0.1, 0.15) is 70.2 Å². The van der Waals surface area contributed by atoms with Crippen LogP contribution in [0.5, 0.6) is 0 Å². The van der Waals surface area contributed by atoms with E-state index in [1.165, 1.54) is 12.0 Å². The summed E-state index contributed by atoms with van der Waals surface area (Å²) in [6.07, 6.45) is 7.60. The molecule has 0 fully saturated rings. The first kappa shape index (κ1) is 27.4. The van der Waals surface area contributed by atoms with Gasteiger partial charge in [-0.3, -0.25) is 9.69 Å². The Balaban J connectivity index is 0.000000389. The topological polar surface area (TPSA) is 29.5 Å². The number of nitrogens with zero attached hydrogens (tertiary/aromatic N) is 1. The summed E-state index contributed by atoms with van der Waals surface area (Å²) in [6.45, 7) is 14.0. The Morgan fingerprint density at radius 2 is 1.56 bits per heavy atom. The Morgan fingerprint density at radius 1 is 1.00 bits per heavy atom. The van der Waals surface area contributed by atoms with Crippen molar-refractivity contribution in [3.05, 3.63) is 96.1 Å². The van der Waals surface area contributed by atoms with E-state index in [2.05, 4.69) is 75.7 Å². The number of ether oxygens (including phenoxy) is 1. The molecule has 174 valence electrons. The molecule has 0 saturated heterocycles. The van der Waals surface area contributed by atoms with E-state index >= 15 is 0 Å².